The lowest BCUT2D eigenvalue weighted by Crippen LogP contribution is -2.00. The highest BCUT2D eigenvalue weighted by atomic mass is 19.1. The van der Waals surface area contributed by atoms with E-state index in [1.165, 1.54) is 26.2 Å². The summed E-state index contributed by atoms with van der Waals surface area (Å²) in [4.78, 5) is 0. The van der Waals surface area contributed by atoms with Gasteiger partial charge in [-0.25, -0.2) is 4.39 Å². The number of aliphatic hydroxyl groups excluding tert-OH is 1. The standard InChI is InChI=1S/C15H15FO3/c1-10(17)15-11(16)6-5-9-14(15)19-13-8-4-3-7-12(13)18-2/h3-10,17H,1-2H3/t10-/m0/s1. The van der Waals surface area contributed by atoms with Crippen LogP contribution < -0.4 is 9.47 Å². The van der Waals surface area contributed by atoms with E-state index in [2.05, 4.69) is 0 Å². The van der Waals surface area contributed by atoms with E-state index in [-0.39, 0.29) is 11.3 Å². The van der Waals surface area contributed by atoms with Crippen LogP contribution in [-0.4, -0.2) is 12.2 Å². The second kappa shape index (κ2) is 5.71. The summed E-state index contributed by atoms with van der Waals surface area (Å²) in [6.07, 6.45) is -0.953. The molecule has 3 nitrogen and oxygen atoms in total. The number of ether oxygens (including phenoxy) is 2. The Morgan fingerprint density at radius 3 is 2.26 bits per heavy atom. The smallest absolute Gasteiger partial charge is 0.169 e. The van der Waals surface area contributed by atoms with E-state index in [4.69, 9.17) is 9.47 Å². The fraction of sp³-hybridized carbons (Fsp3) is 0.200. The topological polar surface area (TPSA) is 38.7 Å². The molecular formula is C15H15FO3. The summed E-state index contributed by atoms with van der Waals surface area (Å²) >= 11 is 0. The fourth-order valence-corrected chi connectivity index (χ4v) is 1.83. The molecule has 0 aliphatic heterocycles. The lowest BCUT2D eigenvalue weighted by Gasteiger charge is -2.15. The van der Waals surface area contributed by atoms with Crippen LogP contribution in [0.2, 0.25) is 0 Å². The predicted molar refractivity (Wildman–Crippen MR) is 70.1 cm³/mol. The summed E-state index contributed by atoms with van der Waals surface area (Å²) in [6, 6.07) is 11.5. The summed E-state index contributed by atoms with van der Waals surface area (Å²) in [5.41, 5.74) is 0.133. The summed E-state index contributed by atoms with van der Waals surface area (Å²) in [6.45, 7) is 1.49. The Hall–Kier alpha value is -2.07. The number of aliphatic hydroxyl groups is 1. The zero-order chi connectivity index (χ0) is 13.8. The summed E-state index contributed by atoms with van der Waals surface area (Å²) < 4.78 is 24.5. The Labute approximate surface area is 111 Å². The van der Waals surface area contributed by atoms with Gasteiger partial charge in [0, 0.05) is 0 Å². The number of benzene rings is 2. The number of hydrogen-bond acceptors (Lipinski definition) is 3. The molecule has 19 heavy (non-hydrogen) atoms. The minimum Gasteiger partial charge on any atom is -0.493 e. The van der Waals surface area contributed by atoms with Gasteiger partial charge >= 0.3 is 0 Å². The van der Waals surface area contributed by atoms with Gasteiger partial charge in [0.05, 0.1) is 18.8 Å². The quantitative estimate of drug-likeness (QED) is 0.913. The molecule has 0 saturated carbocycles. The third-order valence-corrected chi connectivity index (χ3v) is 2.72. The van der Waals surface area contributed by atoms with Crippen LogP contribution in [-0.2, 0) is 0 Å². The van der Waals surface area contributed by atoms with Gasteiger partial charge in [-0.2, -0.15) is 0 Å². The molecule has 2 aromatic rings. The molecule has 2 rings (SSSR count). The maximum absolute atomic E-state index is 13.7. The van der Waals surface area contributed by atoms with Gasteiger partial charge in [-0.1, -0.05) is 18.2 Å². The van der Waals surface area contributed by atoms with Crippen LogP contribution in [0.1, 0.15) is 18.6 Å². The first-order valence-electron chi connectivity index (χ1n) is 5.91. The third kappa shape index (κ3) is 2.85. The molecule has 0 aliphatic carbocycles. The van der Waals surface area contributed by atoms with E-state index in [0.29, 0.717) is 11.5 Å². The molecule has 0 radical (unpaired) electrons. The van der Waals surface area contributed by atoms with Gasteiger partial charge in [0.1, 0.15) is 11.6 Å². The van der Waals surface area contributed by atoms with Crippen molar-refractivity contribution in [2.45, 2.75) is 13.0 Å². The molecule has 0 bridgehead atoms. The molecule has 0 fully saturated rings. The molecule has 0 heterocycles. The Morgan fingerprint density at radius 2 is 1.63 bits per heavy atom. The van der Waals surface area contributed by atoms with Crippen molar-refractivity contribution in [3.63, 3.8) is 0 Å². The van der Waals surface area contributed by atoms with E-state index < -0.39 is 11.9 Å². The number of rotatable bonds is 4. The van der Waals surface area contributed by atoms with Crippen molar-refractivity contribution in [3.8, 4) is 17.2 Å². The summed E-state index contributed by atoms with van der Waals surface area (Å²) in [5, 5.41) is 9.64. The average Bonchev–Trinajstić information content (AvgIpc) is 2.39. The average molecular weight is 262 g/mol. The monoisotopic (exact) mass is 262 g/mol. The molecule has 0 spiro atoms. The zero-order valence-corrected chi connectivity index (χ0v) is 10.8. The van der Waals surface area contributed by atoms with Gasteiger partial charge in [0.25, 0.3) is 0 Å². The third-order valence-electron chi connectivity index (χ3n) is 2.72. The highest BCUT2D eigenvalue weighted by molar-refractivity contribution is 5.45. The van der Waals surface area contributed by atoms with Crippen molar-refractivity contribution in [1.29, 1.82) is 0 Å². The van der Waals surface area contributed by atoms with Crippen LogP contribution in [0.5, 0.6) is 17.2 Å². The molecule has 0 amide bonds. The molecule has 0 aliphatic rings. The number of halogens is 1. The first-order valence-corrected chi connectivity index (χ1v) is 5.91. The highest BCUT2D eigenvalue weighted by Crippen LogP contribution is 2.35. The fourth-order valence-electron chi connectivity index (χ4n) is 1.83. The lowest BCUT2D eigenvalue weighted by atomic mass is 10.1. The van der Waals surface area contributed by atoms with Crippen molar-refractivity contribution in [2.24, 2.45) is 0 Å². The van der Waals surface area contributed by atoms with Gasteiger partial charge < -0.3 is 14.6 Å². The number of hydrogen-bond donors (Lipinski definition) is 1. The summed E-state index contributed by atoms with van der Waals surface area (Å²) in [7, 11) is 1.53. The minimum atomic E-state index is -0.953. The van der Waals surface area contributed by atoms with E-state index in [9.17, 15) is 9.50 Å². The van der Waals surface area contributed by atoms with Gasteiger partial charge in [0.15, 0.2) is 11.5 Å². The van der Waals surface area contributed by atoms with Crippen LogP contribution in [0, 0.1) is 5.82 Å². The van der Waals surface area contributed by atoms with E-state index >= 15 is 0 Å². The largest absolute Gasteiger partial charge is 0.493 e. The molecule has 1 N–H and O–H groups in total. The van der Waals surface area contributed by atoms with Gasteiger partial charge in [0.2, 0.25) is 0 Å². The second-order valence-electron chi connectivity index (χ2n) is 4.08. The minimum absolute atomic E-state index is 0.133. The Kier molecular flexibility index (Phi) is 4.02. The molecule has 0 aromatic heterocycles. The molecule has 2 aromatic carbocycles. The van der Waals surface area contributed by atoms with E-state index in [0.717, 1.165) is 0 Å². The van der Waals surface area contributed by atoms with Crippen LogP contribution in [0.4, 0.5) is 4.39 Å². The zero-order valence-electron chi connectivity index (χ0n) is 10.8. The van der Waals surface area contributed by atoms with Gasteiger partial charge in [-0.3, -0.25) is 0 Å². The SMILES string of the molecule is COc1ccccc1Oc1cccc(F)c1[C@H](C)O. The number of para-hydroxylation sites is 2. The van der Waals surface area contributed by atoms with Crippen molar-refractivity contribution in [2.75, 3.05) is 7.11 Å². The molecule has 0 unspecified atom stereocenters. The molecule has 1 atom stereocenters. The number of methoxy groups -OCH3 is 1. The Bertz CT molecular complexity index is 567. The van der Waals surface area contributed by atoms with Crippen molar-refractivity contribution in [1.82, 2.24) is 0 Å². The summed E-state index contributed by atoms with van der Waals surface area (Å²) in [5.74, 6) is 0.794. The predicted octanol–water partition coefficient (Wildman–Crippen LogP) is 3.68. The van der Waals surface area contributed by atoms with Crippen molar-refractivity contribution >= 4 is 0 Å². The molecule has 0 saturated heterocycles. The van der Waals surface area contributed by atoms with Crippen LogP contribution in [0.25, 0.3) is 0 Å². The van der Waals surface area contributed by atoms with Crippen LogP contribution >= 0.6 is 0 Å². The van der Waals surface area contributed by atoms with Crippen molar-refractivity contribution in [3.05, 3.63) is 53.8 Å². The maximum Gasteiger partial charge on any atom is 0.169 e. The first-order chi connectivity index (χ1) is 9.13. The Morgan fingerprint density at radius 1 is 1.00 bits per heavy atom. The van der Waals surface area contributed by atoms with Crippen LogP contribution in [0.15, 0.2) is 42.5 Å². The molecule has 100 valence electrons. The van der Waals surface area contributed by atoms with Crippen LogP contribution in [0.3, 0.4) is 0 Å². The second-order valence-corrected chi connectivity index (χ2v) is 4.08. The van der Waals surface area contributed by atoms with Gasteiger partial charge in [-0.05, 0) is 31.2 Å². The van der Waals surface area contributed by atoms with E-state index in [1.54, 1.807) is 24.3 Å². The van der Waals surface area contributed by atoms with E-state index in [1.807, 2.05) is 6.07 Å². The highest BCUT2D eigenvalue weighted by Gasteiger charge is 2.16. The molecular weight excluding hydrogens is 247 g/mol. The first kappa shape index (κ1) is 13.4. The van der Waals surface area contributed by atoms with Gasteiger partial charge in [-0.15, -0.1) is 0 Å². The lowest BCUT2D eigenvalue weighted by molar-refractivity contribution is 0.190. The Balaban J connectivity index is 2.41. The molecule has 4 heteroatoms. The van der Waals surface area contributed by atoms with Crippen molar-refractivity contribution < 1.29 is 19.0 Å². The maximum atomic E-state index is 13.7. The normalized spacial score (nSPS) is 12.0.